The van der Waals surface area contributed by atoms with Crippen molar-refractivity contribution in [2.24, 2.45) is 0 Å². The number of carbonyl (C=O) groups is 2. The number of aromatic nitrogens is 1. The summed E-state index contributed by atoms with van der Waals surface area (Å²) in [6, 6.07) is 7.60. The van der Waals surface area contributed by atoms with E-state index in [0.29, 0.717) is 31.1 Å². The van der Waals surface area contributed by atoms with Gasteiger partial charge in [-0.25, -0.2) is 0 Å². The predicted octanol–water partition coefficient (Wildman–Crippen LogP) is 2.02. The van der Waals surface area contributed by atoms with Gasteiger partial charge < -0.3 is 15.2 Å². The van der Waals surface area contributed by atoms with Gasteiger partial charge in [0.05, 0.1) is 35.9 Å². The van der Waals surface area contributed by atoms with Crippen molar-refractivity contribution in [3.8, 4) is 0 Å². The number of aliphatic carboxylic acids is 1. The van der Waals surface area contributed by atoms with E-state index in [4.69, 9.17) is 9.84 Å². The number of nitrogens with zero attached hydrogens (tertiary/aromatic N) is 2. The van der Waals surface area contributed by atoms with Gasteiger partial charge in [0, 0.05) is 30.6 Å². The highest BCUT2D eigenvalue weighted by Crippen LogP contribution is 2.44. The van der Waals surface area contributed by atoms with Crippen molar-refractivity contribution < 1.29 is 19.4 Å². The molecule has 7 nitrogen and oxygen atoms in total. The van der Waals surface area contributed by atoms with Crippen LogP contribution in [0.2, 0.25) is 0 Å². The van der Waals surface area contributed by atoms with Crippen molar-refractivity contribution in [3.05, 3.63) is 51.5 Å². The van der Waals surface area contributed by atoms with Crippen LogP contribution in [-0.2, 0) is 28.1 Å². The molecule has 0 unspecified atom stereocenters. The Morgan fingerprint density at radius 1 is 1.32 bits per heavy atom. The largest absolute Gasteiger partial charge is 0.480 e. The number of carbonyl (C=O) groups excluding carboxylic acids is 1. The van der Waals surface area contributed by atoms with Crippen molar-refractivity contribution in [1.29, 1.82) is 0 Å². The molecule has 0 aliphatic carbocycles. The van der Waals surface area contributed by atoms with Gasteiger partial charge in [-0.3, -0.25) is 19.5 Å². The minimum Gasteiger partial charge on any atom is -0.480 e. The lowest BCUT2D eigenvalue weighted by Crippen LogP contribution is -2.47. The molecular weight excluding hydrogens is 378 g/mol. The summed E-state index contributed by atoms with van der Waals surface area (Å²) >= 11 is 1.54. The molecule has 0 bridgehead atoms. The predicted molar refractivity (Wildman–Crippen MR) is 104 cm³/mol. The van der Waals surface area contributed by atoms with Gasteiger partial charge in [0.25, 0.3) is 5.91 Å². The highest BCUT2D eigenvalue weighted by molar-refractivity contribution is 7.14. The highest BCUT2D eigenvalue weighted by Gasteiger charge is 2.42. The maximum atomic E-state index is 12.6. The van der Waals surface area contributed by atoms with Gasteiger partial charge in [-0.1, -0.05) is 6.07 Å². The first-order chi connectivity index (χ1) is 13.6. The van der Waals surface area contributed by atoms with Gasteiger partial charge in [0.15, 0.2) is 0 Å². The van der Waals surface area contributed by atoms with E-state index in [0.717, 1.165) is 30.5 Å². The van der Waals surface area contributed by atoms with Crippen LogP contribution in [0.3, 0.4) is 0 Å². The van der Waals surface area contributed by atoms with Crippen molar-refractivity contribution in [3.63, 3.8) is 0 Å². The molecule has 1 fully saturated rings. The van der Waals surface area contributed by atoms with Crippen molar-refractivity contribution >= 4 is 23.2 Å². The third-order valence-corrected chi connectivity index (χ3v) is 6.60. The Balaban J connectivity index is 1.46. The first kappa shape index (κ1) is 19.0. The van der Waals surface area contributed by atoms with Crippen LogP contribution in [0, 0.1) is 0 Å². The molecule has 4 heterocycles. The second kappa shape index (κ2) is 7.98. The molecule has 1 saturated heterocycles. The molecule has 0 atom stereocenters. The first-order valence-electron chi connectivity index (χ1n) is 9.45. The smallest absolute Gasteiger partial charge is 0.317 e. The molecule has 0 saturated carbocycles. The lowest BCUT2D eigenvalue weighted by atomic mass is 9.82. The van der Waals surface area contributed by atoms with Crippen LogP contribution in [-0.4, -0.2) is 53.1 Å². The lowest BCUT2D eigenvalue weighted by Gasteiger charge is -2.43. The molecule has 2 aliphatic heterocycles. The minimum absolute atomic E-state index is 0.0632. The average Bonchev–Trinajstić information content (AvgIpc) is 3.15. The number of likely N-dealkylation sites (tertiary alicyclic amines) is 1. The molecule has 2 aliphatic rings. The van der Waals surface area contributed by atoms with E-state index in [9.17, 15) is 9.59 Å². The van der Waals surface area contributed by atoms with Crippen LogP contribution in [0.25, 0.3) is 0 Å². The SMILES string of the molecule is O=C(O)CN1CCC2(CC1)OCCc1sc(C(=O)NCc3ccccn3)cc12. The number of nitrogens with one attached hydrogen (secondary N) is 1. The van der Waals surface area contributed by atoms with E-state index in [1.54, 1.807) is 6.20 Å². The molecule has 0 radical (unpaired) electrons. The van der Waals surface area contributed by atoms with Crippen LogP contribution in [0.15, 0.2) is 30.5 Å². The Kier molecular flexibility index (Phi) is 5.43. The molecule has 0 aromatic carbocycles. The summed E-state index contributed by atoms with van der Waals surface area (Å²) in [5.41, 5.74) is 1.54. The average molecular weight is 401 g/mol. The topological polar surface area (TPSA) is 91.8 Å². The van der Waals surface area contributed by atoms with E-state index in [1.165, 1.54) is 16.2 Å². The summed E-state index contributed by atoms with van der Waals surface area (Å²) in [5.74, 6) is -0.896. The Morgan fingerprint density at radius 2 is 2.14 bits per heavy atom. The number of pyridine rings is 1. The summed E-state index contributed by atoms with van der Waals surface area (Å²) in [6.07, 6.45) is 4.02. The van der Waals surface area contributed by atoms with E-state index in [1.807, 2.05) is 29.2 Å². The summed E-state index contributed by atoms with van der Waals surface area (Å²) in [5, 5.41) is 11.9. The maximum Gasteiger partial charge on any atom is 0.317 e. The third kappa shape index (κ3) is 3.94. The number of carboxylic acid groups (broad SMARTS) is 1. The fraction of sp³-hybridized carbons (Fsp3) is 0.450. The number of hydrogen-bond acceptors (Lipinski definition) is 6. The van der Waals surface area contributed by atoms with E-state index < -0.39 is 11.6 Å². The molecular formula is C20H23N3O4S. The zero-order valence-electron chi connectivity index (χ0n) is 15.5. The number of piperidine rings is 1. The minimum atomic E-state index is -0.802. The fourth-order valence-electron chi connectivity index (χ4n) is 3.97. The number of hydrogen-bond donors (Lipinski definition) is 2. The number of carboxylic acids is 1. The number of amides is 1. The van der Waals surface area contributed by atoms with Crippen molar-refractivity contribution in [2.75, 3.05) is 26.2 Å². The Bertz CT molecular complexity index is 860. The molecule has 1 amide bonds. The van der Waals surface area contributed by atoms with Crippen LogP contribution >= 0.6 is 11.3 Å². The van der Waals surface area contributed by atoms with Gasteiger partial charge in [-0.2, -0.15) is 0 Å². The van der Waals surface area contributed by atoms with Gasteiger partial charge in [0.2, 0.25) is 0 Å². The molecule has 2 N–H and O–H groups in total. The molecule has 4 rings (SSSR count). The molecule has 8 heteroatoms. The van der Waals surface area contributed by atoms with Crippen molar-refractivity contribution in [2.45, 2.75) is 31.4 Å². The zero-order valence-corrected chi connectivity index (χ0v) is 16.3. The lowest BCUT2D eigenvalue weighted by molar-refractivity contribution is -0.141. The Hall–Kier alpha value is -2.29. The van der Waals surface area contributed by atoms with Crippen molar-refractivity contribution in [1.82, 2.24) is 15.2 Å². The summed E-state index contributed by atoms with van der Waals surface area (Å²) in [7, 11) is 0. The molecule has 2 aromatic heterocycles. The second-order valence-corrected chi connectivity index (χ2v) is 8.35. The summed E-state index contributed by atoms with van der Waals surface area (Å²) in [4.78, 5) is 31.7. The van der Waals surface area contributed by atoms with Crippen LogP contribution < -0.4 is 5.32 Å². The monoisotopic (exact) mass is 401 g/mol. The van der Waals surface area contributed by atoms with E-state index in [2.05, 4.69) is 10.3 Å². The van der Waals surface area contributed by atoms with Gasteiger partial charge in [-0.15, -0.1) is 11.3 Å². The molecule has 1 spiro atoms. The molecule has 28 heavy (non-hydrogen) atoms. The highest BCUT2D eigenvalue weighted by atomic mass is 32.1. The Labute approximate surface area is 167 Å². The number of rotatable bonds is 5. The fourth-order valence-corrected chi connectivity index (χ4v) is 5.11. The number of thiophene rings is 1. The quantitative estimate of drug-likeness (QED) is 0.797. The third-order valence-electron chi connectivity index (χ3n) is 5.41. The van der Waals surface area contributed by atoms with Crippen LogP contribution in [0.5, 0.6) is 0 Å². The molecule has 148 valence electrons. The number of fused-ring (bicyclic) bond motifs is 2. The zero-order chi connectivity index (χ0) is 19.6. The van der Waals surface area contributed by atoms with E-state index in [-0.39, 0.29) is 12.5 Å². The normalized spacial score (nSPS) is 18.6. The van der Waals surface area contributed by atoms with Gasteiger partial charge in [0.1, 0.15) is 0 Å². The van der Waals surface area contributed by atoms with Gasteiger partial charge >= 0.3 is 5.97 Å². The maximum absolute atomic E-state index is 12.6. The van der Waals surface area contributed by atoms with Gasteiger partial charge in [-0.05, 0) is 36.6 Å². The standard InChI is InChI=1S/C20H23N3O4S/c24-18(25)13-23-8-5-20(6-9-23)15-11-17(28-16(15)4-10-27-20)19(26)22-12-14-3-1-2-7-21-14/h1-3,7,11H,4-6,8-10,12-13H2,(H,22,26)(H,24,25). The van der Waals surface area contributed by atoms with E-state index >= 15 is 0 Å². The Morgan fingerprint density at radius 3 is 2.86 bits per heavy atom. The summed E-state index contributed by atoms with van der Waals surface area (Å²) in [6.45, 7) is 2.47. The van der Waals surface area contributed by atoms with Crippen LogP contribution in [0.4, 0.5) is 0 Å². The number of ether oxygens (including phenoxy) is 1. The first-order valence-corrected chi connectivity index (χ1v) is 10.3. The summed E-state index contributed by atoms with van der Waals surface area (Å²) < 4.78 is 6.20. The second-order valence-electron chi connectivity index (χ2n) is 7.21. The van der Waals surface area contributed by atoms with Crippen LogP contribution in [0.1, 0.15) is 38.6 Å². The molecule has 2 aromatic rings.